The third kappa shape index (κ3) is 2.06. The van der Waals surface area contributed by atoms with Crippen LogP contribution in [0.2, 0.25) is 0 Å². The van der Waals surface area contributed by atoms with Crippen molar-refractivity contribution in [3.63, 3.8) is 0 Å². The highest BCUT2D eigenvalue weighted by molar-refractivity contribution is 5.73. The van der Waals surface area contributed by atoms with Gasteiger partial charge in [0.05, 0.1) is 0 Å². The molecule has 1 heterocycles. The fourth-order valence-electron chi connectivity index (χ4n) is 2.59. The Morgan fingerprint density at radius 1 is 1.27 bits per heavy atom. The smallest absolute Gasteiger partial charge is 0.407 e. The molecule has 0 bridgehead atoms. The summed E-state index contributed by atoms with van der Waals surface area (Å²) in [4.78, 5) is 23.1. The van der Waals surface area contributed by atoms with Crippen molar-refractivity contribution in [3.05, 3.63) is 0 Å². The zero-order chi connectivity index (χ0) is 11.0. The van der Waals surface area contributed by atoms with Gasteiger partial charge in [-0.05, 0) is 24.7 Å². The van der Waals surface area contributed by atoms with Crippen molar-refractivity contribution in [2.24, 2.45) is 11.8 Å². The summed E-state index contributed by atoms with van der Waals surface area (Å²) in [5, 5.41) is 11.8. The number of hydrogen-bond donors (Lipinski definition) is 2. The zero-order valence-electron chi connectivity index (χ0n) is 8.77. The van der Waals surface area contributed by atoms with Crippen molar-refractivity contribution in [2.45, 2.75) is 25.8 Å². The lowest BCUT2D eigenvalue weighted by atomic mass is 10.2. The van der Waals surface area contributed by atoms with Gasteiger partial charge in [0.15, 0.2) is 0 Å². The van der Waals surface area contributed by atoms with Crippen molar-refractivity contribution in [2.75, 3.05) is 13.1 Å². The number of hydrogen-bond acceptors (Lipinski definition) is 2. The third-order valence-electron chi connectivity index (χ3n) is 3.44. The number of carbonyl (C=O) groups is 2. The number of fused-ring (bicyclic) bond motifs is 1. The number of carboxylic acid groups (broad SMARTS) is 1. The maximum Gasteiger partial charge on any atom is 0.407 e. The van der Waals surface area contributed by atoms with E-state index >= 15 is 0 Å². The summed E-state index contributed by atoms with van der Waals surface area (Å²) >= 11 is 0. The Labute approximate surface area is 88.4 Å². The standard InChI is InChI=1S/C10H16N2O3/c1-6(13)11-9-7-2-4-12(10(14)15)5-3-8(7)9/h7-9H,2-5H2,1H3,(H,11,13)(H,14,15). The van der Waals surface area contributed by atoms with Crippen molar-refractivity contribution in [1.29, 1.82) is 0 Å². The zero-order valence-corrected chi connectivity index (χ0v) is 8.77. The van der Waals surface area contributed by atoms with Crippen LogP contribution in [0.3, 0.4) is 0 Å². The molecule has 0 aromatic carbocycles. The van der Waals surface area contributed by atoms with Crippen LogP contribution in [-0.4, -0.2) is 41.1 Å². The van der Waals surface area contributed by atoms with Crippen molar-refractivity contribution < 1.29 is 14.7 Å². The number of rotatable bonds is 1. The van der Waals surface area contributed by atoms with Crippen LogP contribution in [0, 0.1) is 11.8 Å². The average molecular weight is 212 g/mol. The monoisotopic (exact) mass is 212 g/mol. The number of nitrogens with one attached hydrogen (secondary N) is 1. The fourth-order valence-corrected chi connectivity index (χ4v) is 2.59. The van der Waals surface area contributed by atoms with Gasteiger partial charge in [-0.3, -0.25) is 4.79 Å². The maximum absolute atomic E-state index is 10.9. The molecular formula is C10H16N2O3. The van der Waals surface area contributed by atoms with Crippen molar-refractivity contribution in [3.8, 4) is 0 Å². The third-order valence-corrected chi connectivity index (χ3v) is 3.44. The van der Waals surface area contributed by atoms with Crippen LogP contribution >= 0.6 is 0 Å². The Morgan fingerprint density at radius 3 is 2.20 bits per heavy atom. The average Bonchev–Trinajstić information content (AvgIpc) is 2.80. The summed E-state index contributed by atoms with van der Waals surface area (Å²) in [7, 11) is 0. The van der Waals surface area contributed by atoms with Crippen LogP contribution in [0.4, 0.5) is 4.79 Å². The Balaban J connectivity index is 1.85. The first-order valence-corrected chi connectivity index (χ1v) is 5.34. The molecule has 1 aliphatic heterocycles. The minimum Gasteiger partial charge on any atom is -0.465 e. The second-order valence-electron chi connectivity index (χ2n) is 4.40. The summed E-state index contributed by atoms with van der Waals surface area (Å²) in [6.07, 6.45) is 0.927. The summed E-state index contributed by atoms with van der Waals surface area (Å²) in [5.74, 6) is 1.01. The molecule has 15 heavy (non-hydrogen) atoms. The van der Waals surface area contributed by atoms with Gasteiger partial charge < -0.3 is 15.3 Å². The van der Waals surface area contributed by atoms with E-state index in [1.165, 1.54) is 11.8 Å². The molecule has 5 heteroatoms. The predicted octanol–water partition coefficient (Wildman–Crippen LogP) is 0.511. The Morgan fingerprint density at radius 2 is 1.80 bits per heavy atom. The normalized spacial score (nSPS) is 33.9. The van der Waals surface area contributed by atoms with Gasteiger partial charge in [0.1, 0.15) is 0 Å². The summed E-state index contributed by atoms with van der Waals surface area (Å²) in [6, 6.07) is 0.304. The van der Waals surface area contributed by atoms with Gasteiger partial charge in [-0.1, -0.05) is 0 Å². The quantitative estimate of drug-likeness (QED) is 0.665. The van der Waals surface area contributed by atoms with E-state index in [1.807, 2.05) is 0 Å². The molecule has 0 spiro atoms. The Bertz CT molecular complexity index is 278. The van der Waals surface area contributed by atoms with Gasteiger partial charge in [-0.15, -0.1) is 0 Å². The molecule has 2 amide bonds. The van der Waals surface area contributed by atoms with Crippen LogP contribution in [0.15, 0.2) is 0 Å². The summed E-state index contributed by atoms with van der Waals surface area (Å²) in [5.41, 5.74) is 0. The van der Waals surface area contributed by atoms with E-state index < -0.39 is 6.09 Å². The maximum atomic E-state index is 10.9. The molecule has 1 aliphatic carbocycles. The second kappa shape index (κ2) is 3.72. The molecule has 2 atom stereocenters. The fraction of sp³-hybridized carbons (Fsp3) is 0.800. The number of carbonyl (C=O) groups excluding carboxylic acids is 1. The van der Waals surface area contributed by atoms with E-state index in [2.05, 4.69) is 5.32 Å². The van der Waals surface area contributed by atoms with E-state index in [0.717, 1.165) is 12.8 Å². The molecule has 2 unspecified atom stereocenters. The highest BCUT2D eigenvalue weighted by atomic mass is 16.4. The molecule has 1 saturated carbocycles. The van der Waals surface area contributed by atoms with Crippen molar-refractivity contribution in [1.82, 2.24) is 10.2 Å². The van der Waals surface area contributed by atoms with Crippen LogP contribution in [0.25, 0.3) is 0 Å². The minimum absolute atomic E-state index is 0.0168. The summed E-state index contributed by atoms with van der Waals surface area (Å²) < 4.78 is 0. The Kier molecular flexibility index (Phi) is 2.54. The molecule has 0 aromatic heterocycles. The molecular weight excluding hydrogens is 196 g/mol. The molecule has 2 rings (SSSR count). The molecule has 84 valence electrons. The van der Waals surface area contributed by atoms with Gasteiger partial charge in [-0.25, -0.2) is 4.79 Å². The van der Waals surface area contributed by atoms with Gasteiger partial charge >= 0.3 is 6.09 Å². The molecule has 5 nitrogen and oxygen atoms in total. The van der Waals surface area contributed by atoms with Crippen LogP contribution in [-0.2, 0) is 4.79 Å². The summed E-state index contributed by atoms with van der Waals surface area (Å²) in [6.45, 7) is 2.74. The number of likely N-dealkylation sites (tertiary alicyclic amines) is 1. The topological polar surface area (TPSA) is 69.6 Å². The van der Waals surface area contributed by atoms with Crippen LogP contribution < -0.4 is 5.32 Å². The second-order valence-corrected chi connectivity index (χ2v) is 4.40. The van der Waals surface area contributed by atoms with Crippen LogP contribution in [0.5, 0.6) is 0 Å². The lowest BCUT2D eigenvalue weighted by Gasteiger charge is -2.17. The molecule has 2 fully saturated rings. The van der Waals surface area contributed by atoms with E-state index in [9.17, 15) is 9.59 Å². The molecule has 2 N–H and O–H groups in total. The van der Waals surface area contributed by atoms with E-state index in [-0.39, 0.29) is 5.91 Å². The number of nitrogens with zero attached hydrogens (tertiary/aromatic N) is 1. The minimum atomic E-state index is -0.827. The first-order chi connectivity index (χ1) is 7.09. The van der Waals surface area contributed by atoms with E-state index in [0.29, 0.717) is 31.0 Å². The molecule has 1 saturated heterocycles. The molecule has 0 aromatic rings. The SMILES string of the molecule is CC(=O)NC1C2CCN(C(=O)O)CCC21. The first kappa shape index (κ1) is 10.3. The van der Waals surface area contributed by atoms with Crippen molar-refractivity contribution >= 4 is 12.0 Å². The van der Waals surface area contributed by atoms with Gasteiger partial charge in [-0.2, -0.15) is 0 Å². The molecule has 2 aliphatic rings. The molecule has 0 radical (unpaired) electrons. The largest absolute Gasteiger partial charge is 0.465 e. The predicted molar refractivity (Wildman–Crippen MR) is 53.4 cm³/mol. The number of amides is 2. The Hall–Kier alpha value is -1.26. The lowest BCUT2D eigenvalue weighted by Crippen LogP contribution is -2.33. The van der Waals surface area contributed by atoms with E-state index in [4.69, 9.17) is 5.11 Å². The van der Waals surface area contributed by atoms with E-state index in [1.54, 1.807) is 0 Å². The first-order valence-electron chi connectivity index (χ1n) is 5.34. The van der Waals surface area contributed by atoms with Gasteiger partial charge in [0.2, 0.25) is 5.91 Å². The highest BCUT2D eigenvalue weighted by Gasteiger charge is 2.51. The lowest BCUT2D eigenvalue weighted by molar-refractivity contribution is -0.119. The van der Waals surface area contributed by atoms with Gasteiger partial charge in [0, 0.05) is 26.1 Å². The van der Waals surface area contributed by atoms with Gasteiger partial charge in [0.25, 0.3) is 0 Å². The van der Waals surface area contributed by atoms with Crippen LogP contribution in [0.1, 0.15) is 19.8 Å². The highest BCUT2D eigenvalue weighted by Crippen LogP contribution is 2.45.